The second kappa shape index (κ2) is 4.21. The van der Waals surface area contributed by atoms with Crippen LogP contribution in [0.2, 0.25) is 0 Å². The highest BCUT2D eigenvalue weighted by molar-refractivity contribution is 7.80. The molecule has 0 spiro atoms. The van der Waals surface area contributed by atoms with Gasteiger partial charge in [-0.1, -0.05) is 6.92 Å². The van der Waals surface area contributed by atoms with Crippen molar-refractivity contribution in [3.8, 4) is 0 Å². The molecule has 0 fully saturated rings. The maximum absolute atomic E-state index is 5.23. The van der Waals surface area contributed by atoms with E-state index in [4.69, 9.17) is 4.74 Å². The van der Waals surface area contributed by atoms with Crippen molar-refractivity contribution < 1.29 is 4.74 Å². The second-order valence-electron chi connectivity index (χ2n) is 2.23. The van der Waals surface area contributed by atoms with Crippen molar-refractivity contribution in [2.45, 2.75) is 32.1 Å². The Kier molecular flexibility index (Phi) is 4.38. The number of thiol groups is 1. The highest BCUT2D eigenvalue weighted by atomic mass is 32.1. The van der Waals surface area contributed by atoms with Crippen molar-refractivity contribution in [2.75, 3.05) is 6.61 Å². The van der Waals surface area contributed by atoms with E-state index >= 15 is 0 Å². The summed E-state index contributed by atoms with van der Waals surface area (Å²) in [5.41, 5.74) is 0. The summed E-state index contributed by atoms with van der Waals surface area (Å²) in [7, 11) is 0. The van der Waals surface area contributed by atoms with Gasteiger partial charge in [0, 0.05) is 5.25 Å². The highest BCUT2D eigenvalue weighted by Crippen LogP contribution is 1.95. The molecule has 8 heavy (non-hydrogen) atoms. The van der Waals surface area contributed by atoms with Gasteiger partial charge in [0.25, 0.3) is 0 Å². The standard InChI is InChI=1S/C6H14OS/c1-5(2)7-4-6(3)8/h5-6,8H,4H2,1-3H3. The molecule has 1 atom stereocenters. The van der Waals surface area contributed by atoms with Crippen LogP contribution in [0, 0.1) is 0 Å². The molecular formula is C6H14OS. The summed E-state index contributed by atoms with van der Waals surface area (Å²) in [6.45, 7) is 6.82. The van der Waals surface area contributed by atoms with E-state index in [1.165, 1.54) is 0 Å². The van der Waals surface area contributed by atoms with E-state index in [9.17, 15) is 0 Å². The fraction of sp³-hybridized carbons (Fsp3) is 1.00. The summed E-state index contributed by atoms with van der Waals surface area (Å²) in [5.74, 6) is 0. The first-order chi connectivity index (χ1) is 3.63. The third-order valence-corrected chi connectivity index (χ3v) is 0.820. The van der Waals surface area contributed by atoms with Crippen LogP contribution in [-0.2, 0) is 4.74 Å². The molecule has 2 heteroatoms. The quantitative estimate of drug-likeness (QED) is 0.578. The molecule has 0 aliphatic rings. The molecule has 0 saturated heterocycles. The minimum absolute atomic E-state index is 0.338. The van der Waals surface area contributed by atoms with Gasteiger partial charge in [0.05, 0.1) is 12.7 Å². The molecule has 0 aromatic carbocycles. The third kappa shape index (κ3) is 6.31. The maximum atomic E-state index is 5.23. The Morgan fingerprint density at radius 3 is 2.00 bits per heavy atom. The van der Waals surface area contributed by atoms with Crippen LogP contribution in [0.15, 0.2) is 0 Å². The van der Waals surface area contributed by atoms with E-state index in [0.29, 0.717) is 11.4 Å². The lowest BCUT2D eigenvalue weighted by Crippen LogP contribution is -2.10. The SMILES string of the molecule is CC(S)COC(C)C. The first-order valence-electron chi connectivity index (χ1n) is 2.92. The van der Waals surface area contributed by atoms with Crippen molar-refractivity contribution in [3.63, 3.8) is 0 Å². The molecular weight excluding hydrogens is 120 g/mol. The predicted octanol–water partition coefficient (Wildman–Crippen LogP) is 1.73. The monoisotopic (exact) mass is 134 g/mol. The van der Waals surface area contributed by atoms with Crippen LogP contribution in [0.3, 0.4) is 0 Å². The van der Waals surface area contributed by atoms with E-state index in [1.807, 2.05) is 20.8 Å². The van der Waals surface area contributed by atoms with Gasteiger partial charge in [-0.15, -0.1) is 0 Å². The van der Waals surface area contributed by atoms with Crippen molar-refractivity contribution in [1.29, 1.82) is 0 Å². The minimum Gasteiger partial charge on any atom is -0.378 e. The fourth-order valence-corrected chi connectivity index (χ4v) is 0.418. The third-order valence-electron chi connectivity index (χ3n) is 0.671. The number of rotatable bonds is 3. The van der Waals surface area contributed by atoms with E-state index in [2.05, 4.69) is 12.6 Å². The Bertz CT molecular complexity index is 44.5. The normalized spacial score (nSPS) is 14.6. The summed E-state index contributed by atoms with van der Waals surface area (Å²) in [4.78, 5) is 0. The number of hydrogen-bond acceptors (Lipinski definition) is 2. The molecule has 0 saturated carbocycles. The Labute approximate surface area is 56.8 Å². The molecule has 0 aliphatic heterocycles. The number of ether oxygens (including phenoxy) is 1. The van der Waals surface area contributed by atoms with Crippen LogP contribution < -0.4 is 0 Å². The maximum Gasteiger partial charge on any atom is 0.0583 e. The topological polar surface area (TPSA) is 9.23 Å². The predicted molar refractivity (Wildman–Crippen MR) is 39.5 cm³/mol. The molecule has 0 bridgehead atoms. The second-order valence-corrected chi connectivity index (χ2v) is 3.11. The summed E-state index contributed by atoms with van der Waals surface area (Å²) in [5, 5.41) is 0.359. The first-order valence-corrected chi connectivity index (χ1v) is 3.44. The zero-order chi connectivity index (χ0) is 6.57. The number of hydrogen-bond donors (Lipinski definition) is 1. The van der Waals surface area contributed by atoms with Gasteiger partial charge in [-0.05, 0) is 13.8 Å². The van der Waals surface area contributed by atoms with Crippen LogP contribution >= 0.6 is 12.6 Å². The molecule has 0 radical (unpaired) electrons. The van der Waals surface area contributed by atoms with E-state index < -0.39 is 0 Å². The van der Waals surface area contributed by atoms with Gasteiger partial charge in [0.15, 0.2) is 0 Å². The first kappa shape index (κ1) is 8.31. The molecule has 0 amide bonds. The van der Waals surface area contributed by atoms with Crippen LogP contribution in [0.5, 0.6) is 0 Å². The van der Waals surface area contributed by atoms with Gasteiger partial charge >= 0.3 is 0 Å². The molecule has 0 heterocycles. The molecule has 0 aromatic heterocycles. The fourth-order valence-electron chi connectivity index (χ4n) is 0.332. The van der Waals surface area contributed by atoms with Crippen LogP contribution in [0.1, 0.15) is 20.8 Å². The van der Waals surface area contributed by atoms with Gasteiger partial charge < -0.3 is 4.74 Å². The summed E-state index contributed by atoms with van der Waals surface area (Å²) in [6, 6.07) is 0. The molecule has 0 N–H and O–H groups in total. The van der Waals surface area contributed by atoms with Gasteiger partial charge in [-0.25, -0.2) is 0 Å². The van der Waals surface area contributed by atoms with E-state index in [0.717, 1.165) is 6.61 Å². The zero-order valence-corrected chi connectivity index (χ0v) is 6.61. The van der Waals surface area contributed by atoms with Crippen molar-refractivity contribution in [2.24, 2.45) is 0 Å². The zero-order valence-electron chi connectivity index (χ0n) is 5.72. The van der Waals surface area contributed by atoms with Gasteiger partial charge in [-0.2, -0.15) is 12.6 Å². The van der Waals surface area contributed by atoms with E-state index in [1.54, 1.807) is 0 Å². The Morgan fingerprint density at radius 2 is 1.88 bits per heavy atom. The summed E-state index contributed by atoms with van der Waals surface area (Å²) >= 11 is 4.15. The highest BCUT2D eigenvalue weighted by Gasteiger charge is 1.95. The van der Waals surface area contributed by atoms with E-state index in [-0.39, 0.29) is 0 Å². The lowest BCUT2D eigenvalue weighted by atomic mass is 10.4. The average Bonchev–Trinajstić information content (AvgIpc) is 1.61. The Balaban J connectivity index is 2.93. The smallest absolute Gasteiger partial charge is 0.0583 e. The summed E-state index contributed by atoms with van der Waals surface area (Å²) < 4.78 is 5.23. The molecule has 0 rings (SSSR count). The summed E-state index contributed by atoms with van der Waals surface area (Å²) in [6.07, 6.45) is 0.338. The Hall–Kier alpha value is 0.310. The largest absolute Gasteiger partial charge is 0.378 e. The molecule has 0 aromatic rings. The van der Waals surface area contributed by atoms with Crippen molar-refractivity contribution in [3.05, 3.63) is 0 Å². The molecule has 50 valence electrons. The lowest BCUT2D eigenvalue weighted by Gasteiger charge is -2.08. The molecule has 1 nitrogen and oxygen atoms in total. The molecule has 1 unspecified atom stereocenters. The van der Waals surface area contributed by atoms with Crippen LogP contribution in [0.25, 0.3) is 0 Å². The molecule has 0 aliphatic carbocycles. The average molecular weight is 134 g/mol. The van der Waals surface area contributed by atoms with Gasteiger partial charge in [0.1, 0.15) is 0 Å². The Morgan fingerprint density at radius 1 is 1.38 bits per heavy atom. The van der Waals surface area contributed by atoms with Gasteiger partial charge in [0.2, 0.25) is 0 Å². The van der Waals surface area contributed by atoms with Crippen molar-refractivity contribution >= 4 is 12.6 Å². The van der Waals surface area contributed by atoms with Crippen LogP contribution in [0.4, 0.5) is 0 Å². The van der Waals surface area contributed by atoms with Crippen molar-refractivity contribution in [1.82, 2.24) is 0 Å². The minimum atomic E-state index is 0.338. The lowest BCUT2D eigenvalue weighted by molar-refractivity contribution is 0.0822. The van der Waals surface area contributed by atoms with Crippen LogP contribution in [-0.4, -0.2) is 18.0 Å². The van der Waals surface area contributed by atoms with Gasteiger partial charge in [-0.3, -0.25) is 0 Å².